The molecule has 4 rings (SSSR count). The zero-order valence-electron chi connectivity index (χ0n) is 18.3. The fraction of sp³-hybridized carbons (Fsp3) is 0.348. The van der Waals surface area contributed by atoms with Gasteiger partial charge in [0, 0.05) is 37.4 Å². The van der Waals surface area contributed by atoms with Gasteiger partial charge in [-0.3, -0.25) is 14.6 Å². The van der Waals surface area contributed by atoms with E-state index in [4.69, 9.17) is 16.0 Å². The lowest BCUT2D eigenvalue weighted by Crippen LogP contribution is -2.49. The monoisotopic (exact) mass is 493 g/mol. The first-order valence-electron chi connectivity index (χ1n) is 10.7. The molecule has 180 valence electrons. The number of halogens is 4. The van der Waals surface area contributed by atoms with Crippen LogP contribution >= 0.6 is 11.6 Å². The van der Waals surface area contributed by atoms with Crippen LogP contribution in [0.5, 0.6) is 0 Å². The first-order valence-corrected chi connectivity index (χ1v) is 11.1. The number of carbonyl (C=O) groups is 1. The van der Waals surface area contributed by atoms with Gasteiger partial charge in [-0.15, -0.1) is 10.2 Å². The summed E-state index contributed by atoms with van der Waals surface area (Å²) >= 11 is 5.63. The Labute approximate surface area is 199 Å². The summed E-state index contributed by atoms with van der Waals surface area (Å²) in [4.78, 5) is 16.5. The van der Waals surface area contributed by atoms with Gasteiger partial charge in [0.2, 0.25) is 17.7 Å². The van der Waals surface area contributed by atoms with Gasteiger partial charge in [-0.25, -0.2) is 0 Å². The maximum absolute atomic E-state index is 13.0. The van der Waals surface area contributed by atoms with Crippen LogP contribution < -0.4 is 5.32 Å². The molecule has 0 spiro atoms. The lowest BCUT2D eigenvalue weighted by Gasteiger charge is -2.36. The number of nitrogens with one attached hydrogen (secondary N) is 1. The summed E-state index contributed by atoms with van der Waals surface area (Å²) in [6.07, 6.45) is -4.59. The van der Waals surface area contributed by atoms with Gasteiger partial charge in [-0.2, -0.15) is 13.2 Å². The highest BCUT2D eigenvalue weighted by atomic mass is 35.5. The third-order valence-electron chi connectivity index (χ3n) is 5.70. The molecule has 1 aliphatic rings. The Morgan fingerprint density at radius 1 is 1.12 bits per heavy atom. The van der Waals surface area contributed by atoms with Crippen molar-refractivity contribution < 1.29 is 22.4 Å². The molecule has 1 unspecified atom stereocenters. The van der Waals surface area contributed by atoms with E-state index in [1.165, 1.54) is 6.07 Å². The summed E-state index contributed by atoms with van der Waals surface area (Å²) in [5.74, 6) is 0.600. The molecule has 1 fully saturated rings. The minimum absolute atomic E-state index is 0.0552. The number of piperazine rings is 1. The van der Waals surface area contributed by atoms with Crippen LogP contribution in [0.1, 0.15) is 24.4 Å². The second-order valence-corrected chi connectivity index (χ2v) is 8.45. The zero-order chi connectivity index (χ0) is 24.3. The molecule has 1 aliphatic heterocycles. The second-order valence-electron chi connectivity index (χ2n) is 8.04. The quantitative estimate of drug-likeness (QED) is 0.535. The highest BCUT2D eigenvalue weighted by molar-refractivity contribution is 6.31. The van der Waals surface area contributed by atoms with Crippen LogP contribution in [0.25, 0.3) is 11.5 Å². The molecule has 7 nitrogen and oxygen atoms in total. The molecule has 1 N–H and O–H groups in total. The average Bonchev–Trinajstić information content (AvgIpc) is 3.30. The van der Waals surface area contributed by atoms with Crippen LogP contribution in [0.15, 0.2) is 52.9 Å². The number of alkyl halides is 3. The van der Waals surface area contributed by atoms with Crippen LogP contribution in [0, 0.1) is 0 Å². The normalized spacial score (nSPS) is 16.4. The van der Waals surface area contributed by atoms with Crippen molar-refractivity contribution in [3.8, 4) is 11.5 Å². The Hall–Kier alpha value is -2.95. The number of anilines is 1. The zero-order valence-corrected chi connectivity index (χ0v) is 19.1. The third kappa shape index (κ3) is 5.75. The molecule has 1 saturated heterocycles. The molecule has 0 saturated carbocycles. The fourth-order valence-electron chi connectivity index (χ4n) is 3.79. The van der Waals surface area contributed by atoms with Crippen molar-refractivity contribution in [1.29, 1.82) is 0 Å². The molecule has 1 aromatic heterocycles. The van der Waals surface area contributed by atoms with Crippen molar-refractivity contribution in [2.24, 2.45) is 0 Å². The van der Waals surface area contributed by atoms with E-state index < -0.39 is 16.8 Å². The van der Waals surface area contributed by atoms with Crippen molar-refractivity contribution in [1.82, 2.24) is 20.0 Å². The molecule has 1 amide bonds. The van der Waals surface area contributed by atoms with Gasteiger partial charge in [-0.1, -0.05) is 29.8 Å². The summed E-state index contributed by atoms with van der Waals surface area (Å²) in [6, 6.07) is 12.8. The van der Waals surface area contributed by atoms with E-state index in [1.807, 2.05) is 42.2 Å². The molecule has 0 aliphatic carbocycles. The van der Waals surface area contributed by atoms with E-state index in [1.54, 1.807) is 0 Å². The molecule has 1 atom stereocenters. The highest BCUT2D eigenvalue weighted by Gasteiger charge is 2.33. The number of nitrogens with zero attached hydrogens (tertiary/aromatic N) is 4. The number of rotatable bonds is 6. The van der Waals surface area contributed by atoms with Gasteiger partial charge in [0.25, 0.3) is 0 Å². The van der Waals surface area contributed by atoms with E-state index in [0.717, 1.165) is 17.7 Å². The van der Waals surface area contributed by atoms with Gasteiger partial charge < -0.3 is 9.73 Å². The SMILES string of the molecule is CC(c1nnc(-c2ccccc2)o1)N1CCN(CC(=O)Nc2ccc(Cl)c(C(F)(F)F)c2)CC1. The van der Waals surface area contributed by atoms with E-state index in [-0.39, 0.29) is 24.2 Å². The first-order chi connectivity index (χ1) is 16.2. The Morgan fingerprint density at radius 2 is 1.82 bits per heavy atom. The number of amides is 1. The molecule has 11 heteroatoms. The van der Waals surface area contributed by atoms with E-state index in [0.29, 0.717) is 38.0 Å². The van der Waals surface area contributed by atoms with Gasteiger partial charge in [0.05, 0.1) is 23.2 Å². The summed E-state index contributed by atoms with van der Waals surface area (Å²) in [7, 11) is 0. The topological polar surface area (TPSA) is 74.5 Å². The lowest BCUT2D eigenvalue weighted by molar-refractivity contribution is -0.137. The smallest absolute Gasteiger partial charge is 0.417 e. The fourth-order valence-corrected chi connectivity index (χ4v) is 4.01. The first kappa shape index (κ1) is 24.2. The maximum atomic E-state index is 13.0. The Morgan fingerprint density at radius 3 is 2.50 bits per heavy atom. The predicted molar refractivity (Wildman–Crippen MR) is 121 cm³/mol. The standard InChI is InChI=1S/C23H23ClF3N5O2/c1-15(21-29-30-22(34-21)16-5-3-2-4-6-16)32-11-9-31(10-12-32)14-20(33)28-17-7-8-19(24)18(13-17)23(25,26)27/h2-8,13,15H,9-12,14H2,1H3,(H,28,33). The number of aromatic nitrogens is 2. The lowest BCUT2D eigenvalue weighted by atomic mass is 10.2. The Kier molecular flexibility index (Phi) is 7.20. The summed E-state index contributed by atoms with van der Waals surface area (Å²) in [5.41, 5.74) is -0.0714. The number of carbonyl (C=O) groups excluding carboxylic acids is 1. The van der Waals surface area contributed by atoms with Crippen molar-refractivity contribution in [2.75, 3.05) is 38.0 Å². The van der Waals surface area contributed by atoms with Crippen LogP contribution in [-0.2, 0) is 11.0 Å². The minimum Gasteiger partial charge on any atom is -0.419 e. The average molecular weight is 494 g/mol. The molecule has 34 heavy (non-hydrogen) atoms. The Balaban J connectivity index is 1.29. The van der Waals surface area contributed by atoms with Crippen molar-refractivity contribution in [2.45, 2.75) is 19.1 Å². The van der Waals surface area contributed by atoms with Crippen molar-refractivity contribution in [3.05, 3.63) is 65.0 Å². The second kappa shape index (κ2) is 10.1. The van der Waals surface area contributed by atoms with Crippen LogP contribution in [-0.4, -0.2) is 58.6 Å². The van der Waals surface area contributed by atoms with Crippen LogP contribution in [0.3, 0.4) is 0 Å². The summed E-state index contributed by atoms with van der Waals surface area (Å²) < 4.78 is 44.9. The van der Waals surface area contributed by atoms with Crippen molar-refractivity contribution in [3.63, 3.8) is 0 Å². The molecule has 3 aromatic rings. The van der Waals surface area contributed by atoms with Crippen LogP contribution in [0.2, 0.25) is 5.02 Å². The highest BCUT2D eigenvalue weighted by Crippen LogP contribution is 2.36. The van der Waals surface area contributed by atoms with Gasteiger partial charge in [0.15, 0.2) is 0 Å². The van der Waals surface area contributed by atoms with Gasteiger partial charge >= 0.3 is 6.18 Å². The number of benzene rings is 2. The van der Waals surface area contributed by atoms with Crippen molar-refractivity contribution >= 4 is 23.2 Å². The third-order valence-corrected chi connectivity index (χ3v) is 6.03. The van der Waals surface area contributed by atoms with Gasteiger partial charge in [-0.05, 0) is 37.3 Å². The largest absolute Gasteiger partial charge is 0.419 e. The van der Waals surface area contributed by atoms with Crippen LogP contribution in [0.4, 0.5) is 18.9 Å². The molecule has 2 heterocycles. The van der Waals surface area contributed by atoms with E-state index in [2.05, 4.69) is 20.4 Å². The molecular weight excluding hydrogens is 471 g/mol. The van der Waals surface area contributed by atoms with E-state index >= 15 is 0 Å². The maximum Gasteiger partial charge on any atom is 0.417 e. The molecular formula is C23H23ClF3N5O2. The summed E-state index contributed by atoms with van der Waals surface area (Å²) in [5, 5.41) is 10.4. The molecule has 0 bridgehead atoms. The van der Waals surface area contributed by atoms with Gasteiger partial charge in [0.1, 0.15) is 0 Å². The van der Waals surface area contributed by atoms with E-state index in [9.17, 15) is 18.0 Å². The summed E-state index contributed by atoms with van der Waals surface area (Å²) in [6.45, 7) is 4.65. The number of hydrogen-bond acceptors (Lipinski definition) is 6. The molecule has 2 aromatic carbocycles. The predicted octanol–water partition coefficient (Wildman–Crippen LogP) is 4.73. The molecule has 0 radical (unpaired) electrons. The Bertz CT molecular complexity index is 1130. The number of hydrogen-bond donors (Lipinski definition) is 1. The minimum atomic E-state index is -4.59.